The van der Waals surface area contributed by atoms with Crippen LogP contribution in [0.15, 0.2) is 42.5 Å². The molecule has 0 aliphatic heterocycles. The summed E-state index contributed by atoms with van der Waals surface area (Å²) in [6, 6.07) is 10.9. The summed E-state index contributed by atoms with van der Waals surface area (Å²) in [5.74, 6) is 0. The molecule has 1 atom stereocenters. The Balaban J connectivity index is 2.26. The van der Waals surface area contributed by atoms with Crippen LogP contribution in [0.4, 0.5) is 16.2 Å². The van der Waals surface area contributed by atoms with Gasteiger partial charge in [0, 0.05) is 17.3 Å². The molecule has 0 spiro atoms. The molecule has 2 aromatic rings. The molecule has 2 rings (SSSR count). The van der Waals surface area contributed by atoms with Crippen molar-refractivity contribution in [2.24, 2.45) is 5.73 Å². The molecule has 1 unspecified atom stereocenters. The summed E-state index contributed by atoms with van der Waals surface area (Å²) in [4.78, 5) is 21.2. The molecule has 10 heteroatoms. The van der Waals surface area contributed by atoms with Crippen molar-refractivity contribution in [3.8, 4) is 0 Å². The zero-order chi connectivity index (χ0) is 19.3. The molecule has 0 fully saturated rings. The zero-order valence-corrected chi connectivity index (χ0v) is 14.6. The number of benzene rings is 2. The van der Waals surface area contributed by atoms with E-state index in [1.165, 1.54) is 12.1 Å². The monoisotopic (exact) mass is 378 g/mol. The van der Waals surface area contributed by atoms with E-state index >= 15 is 0 Å². The molecule has 26 heavy (non-hydrogen) atoms. The molecule has 0 aliphatic carbocycles. The maximum Gasteiger partial charge on any atom is 0.404 e. The van der Waals surface area contributed by atoms with Gasteiger partial charge in [-0.2, -0.15) is 0 Å². The first-order valence-corrected chi connectivity index (χ1v) is 8.43. The van der Waals surface area contributed by atoms with E-state index in [1.807, 2.05) is 0 Å². The van der Waals surface area contributed by atoms with Crippen molar-refractivity contribution in [1.29, 1.82) is 0 Å². The minimum Gasteiger partial charge on any atom is -0.755 e. The molecule has 2 N–H and O–H groups in total. The molecule has 0 saturated carbocycles. The van der Waals surface area contributed by atoms with Crippen LogP contribution in [0.3, 0.4) is 0 Å². The molecule has 1 amide bonds. The lowest BCUT2D eigenvalue weighted by Gasteiger charge is -2.26. The lowest BCUT2D eigenvalue weighted by Crippen LogP contribution is -2.25. The van der Waals surface area contributed by atoms with Crippen molar-refractivity contribution in [1.82, 2.24) is 0 Å². The average Bonchev–Trinajstić information content (AvgIpc) is 2.58. The fourth-order valence-electron chi connectivity index (χ4n) is 2.27. The first-order valence-electron chi connectivity index (χ1n) is 7.40. The summed E-state index contributed by atoms with van der Waals surface area (Å²) in [6.45, 7) is 1.59. The SMILES string of the molecule is Cc1ccc(N(Cc2ccc(COC(N)=O)cc2)S(=O)[O-])c([N+](=O)[O-])c1. The van der Waals surface area contributed by atoms with Gasteiger partial charge in [-0.15, -0.1) is 0 Å². The minimum atomic E-state index is -2.71. The van der Waals surface area contributed by atoms with E-state index in [0.29, 0.717) is 16.7 Å². The number of primary amides is 1. The summed E-state index contributed by atoms with van der Waals surface area (Å²) in [7, 11) is 0. The second-order valence-corrected chi connectivity index (χ2v) is 6.30. The number of hydrogen-bond acceptors (Lipinski definition) is 6. The molecule has 0 aliphatic rings. The fraction of sp³-hybridized carbons (Fsp3) is 0.188. The van der Waals surface area contributed by atoms with E-state index in [9.17, 15) is 23.7 Å². The van der Waals surface area contributed by atoms with E-state index in [0.717, 1.165) is 4.31 Å². The van der Waals surface area contributed by atoms with Crippen LogP contribution < -0.4 is 10.0 Å². The first-order chi connectivity index (χ1) is 12.3. The summed E-state index contributed by atoms with van der Waals surface area (Å²) in [6.07, 6.45) is -0.895. The summed E-state index contributed by atoms with van der Waals surface area (Å²) in [5.41, 5.74) is 6.50. The second kappa shape index (κ2) is 8.41. The van der Waals surface area contributed by atoms with Crippen LogP contribution in [-0.2, 0) is 29.2 Å². The Labute approximate surface area is 151 Å². The fourth-order valence-corrected chi connectivity index (χ4v) is 2.84. The largest absolute Gasteiger partial charge is 0.755 e. The standard InChI is InChI=1S/C16H17N3O6S/c1-11-2-7-14(15(8-11)19(21)22)18(26(23)24)9-12-3-5-13(6-4-12)10-25-16(17)20/h2-8H,9-10H2,1H3,(H2,17,20)(H,23,24)/p-1. The minimum absolute atomic E-state index is 0.00372. The lowest BCUT2D eigenvalue weighted by molar-refractivity contribution is -0.384. The van der Waals surface area contributed by atoms with E-state index < -0.39 is 22.3 Å². The van der Waals surface area contributed by atoms with Gasteiger partial charge in [0.05, 0.1) is 11.5 Å². The summed E-state index contributed by atoms with van der Waals surface area (Å²) < 4.78 is 28.9. The van der Waals surface area contributed by atoms with Crippen molar-refractivity contribution in [3.63, 3.8) is 0 Å². The number of aryl methyl sites for hydroxylation is 1. The van der Waals surface area contributed by atoms with Crippen molar-refractivity contribution in [2.75, 3.05) is 4.31 Å². The predicted molar refractivity (Wildman–Crippen MR) is 93.8 cm³/mol. The van der Waals surface area contributed by atoms with Gasteiger partial charge < -0.3 is 15.0 Å². The Morgan fingerprint density at radius 1 is 1.23 bits per heavy atom. The van der Waals surface area contributed by atoms with E-state index in [-0.39, 0.29) is 24.5 Å². The number of nitro groups is 1. The highest BCUT2D eigenvalue weighted by Crippen LogP contribution is 2.31. The number of anilines is 1. The van der Waals surface area contributed by atoms with E-state index in [2.05, 4.69) is 4.74 Å². The number of nitrogens with zero attached hydrogens (tertiary/aromatic N) is 2. The molecule has 0 radical (unpaired) electrons. The van der Waals surface area contributed by atoms with Gasteiger partial charge in [0.25, 0.3) is 5.69 Å². The van der Waals surface area contributed by atoms with Gasteiger partial charge in [-0.1, -0.05) is 30.3 Å². The number of nitro benzene ring substituents is 1. The molecular formula is C16H16N3O6S-. The molecule has 138 valence electrons. The maximum atomic E-state index is 11.6. The number of carbonyl (C=O) groups excluding carboxylic acids is 1. The maximum absolute atomic E-state index is 11.6. The Morgan fingerprint density at radius 3 is 2.38 bits per heavy atom. The third-order valence-corrected chi connectivity index (χ3v) is 4.19. The first kappa shape index (κ1) is 19.3. The smallest absolute Gasteiger partial charge is 0.404 e. The number of carbonyl (C=O) groups is 1. The molecule has 0 saturated heterocycles. The third kappa shape index (κ3) is 5.01. The Morgan fingerprint density at radius 2 is 1.85 bits per heavy atom. The van der Waals surface area contributed by atoms with Crippen molar-refractivity contribution < 1.29 is 23.2 Å². The highest BCUT2D eigenvalue weighted by atomic mass is 32.2. The highest BCUT2D eigenvalue weighted by molar-refractivity contribution is 7.80. The van der Waals surface area contributed by atoms with Gasteiger partial charge in [-0.3, -0.25) is 18.6 Å². The van der Waals surface area contributed by atoms with Gasteiger partial charge in [0.2, 0.25) is 0 Å². The third-order valence-electron chi connectivity index (χ3n) is 3.51. The summed E-state index contributed by atoms with van der Waals surface area (Å²) >= 11 is -2.71. The van der Waals surface area contributed by atoms with E-state index in [4.69, 9.17) is 5.73 Å². The number of ether oxygens (including phenoxy) is 1. The average molecular weight is 378 g/mol. The predicted octanol–water partition coefficient (Wildman–Crippen LogP) is 2.30. The molecule has 0 heterocycles. The van der Waals surface area contributed by atoms with Crippen molar-refractivity contribution in [2.45, 2.75) is 20.1 Å². The van der Waals surface area contributed by atoms with Crippen LogP contribution in [0.2, 0.25) is 0 Å². The number of amides is 1. The van der Waals surface area contributed by atoms with Crippen LogP contribution in [0, 0.1) is 17.0 Å². The van der Waals surface area contributed by atoms with Crippen molar-refractivity contribution >= 4 is 28.7 Å². The number of hydrogen-bond donors (Lipinski definition) is 1. The Bertz CT molecular complexity index is 840. The quantitative estimate of drug-likeness (QED) is 0.445. The lowest BCUT2D eigenvalue weighted by atomic mass is 10.1. The van der Waals surface area contributed by atoms with Crippen LogP contribution in [0.5, 0.6) is 0 Å². The van der Waals surface area contributed by atoms with E-state index in [1.54, 1.807) is 37.3 Å². The van der Waals surface area contributed by atoms with Gasteiger partial charge in [0.1, 0.15) is 12.3 Å². The summed E-state index contributed by atoms with van der Waals surface area (Å²) in [5, 5.41) is 11.3. The molecule has 0 aromatic heterocycles. The molecule has 2 aromatic carbocycles. The number of rotatable bonds is 7. The number of nitrogens with two attached hydrogens (primary N) is 1. The topological polar surface area (TPSA) is 139 Å². The highest BCUT2D eigenvalue weighted by Gasteiger charge is 2.20. The Hall–Kier alpha value is -2.98. The Kier molecular flexibility index (Phi) is 6.26. The van der Waals surface area contributed by atoms with Crippen LogP contribution in [0.1, 0.15) is 16.7 Å². The van der Waals surface area contributed by atoms with Crippen LogP contribution in [-0.4, -0.2) is 19.8 Å². The van der Waals surface area contributed by atoms with Gasteiger partial charge in [-0.25, -0.2) is 4.79 Å². The molecule has 0 bridgehead atoms. The molecule has 9 nitrogen and oxygen atoms in total. The van der Waals surface area contributed by atoms with Crippen molar-refractivity contribution in [3.05, 3.63) is 69.3 Å². The van der Waals surface area contributed by atoms with Gasteiger partial charge in [-0.05, 0) is 29.7 Å². The molecular weight excluding hydrogens is 362 g/mol. The second-order valence-electron chi connectivity index (χ2n) is 5.43. The van der Waals surface area contributed by atoms with Crippen LogP contribution in [0.25, 0.3) is 0 Å². The zero-order valence-electron chi connectivity index (χ0n) is 13.8. The van der Waals surface area contributed by atoms with Gasteiger partial charge in [0.15, 0.2) is 0 Å². The normalized spacial score (nSPS) is 11.6. The van der Waals surface area contributed by atoms with Crippen LogP contribution >= 0.6 is 0 Å². The van der Waals surface area contributed by atoms with Gasteiger partial charge >= 0.3 is 6.09 Å².